The Balaban J connectivity index is 2.39. The van der Waals surface area contributed by atoms with Crippen LogP contribution in [0.15, 0.2) is 34.3 Å². The molecule has 1 atom stereocenters. The summed E-state index contributed by atoms with van der Waals surface area (Å²) in [6, 6.07) is 2.72. The van der Waals surface area contributed by atoms with E-state index in [2.05, 4.69) is 5.10 Å². The standard InChI is InChI=1S/C13H9F7N2OS2/c1-7-4-8(14)9(5-10(7)25(23)6-12(15,16)17)22-3-2-11(21-22)24-13(18,19)20/h2-5H,6H2,1H3. The molecule has 0 radical (unpaired) electrons. The van der Waals surface area contributed by atoms with Crippen LogP contribution in [0, 0.1) is 12.7 Å². The molecule has 0 aliphatic carbocycles. The van der Waals surface area contributed by atoms with Crippen LogP contribution < -0.4 is 0 Å². The number of aryl methyl sites for hydroxylation is 1. The number of halogens is 7. The van der Waals surface area contributed by atoms with Crippen molar-refractivity contribution in [2.75, 3.05) is 5.75 Å². The van der Waals surface area contributed by atoms with Gasteiger partial charge >= 0.3 is 11.7 Å². The predicted octanol–water partition coefficient (Wildman–Crippen LogP) is 4.60. The molecule has 0 saturated heterocycles. The molecule has 3 nitrogen and oxygen atoms in total. The van der Waals surface area contributed by atoms with Crippen LogP contribution in [0.4, 0.5) is 30.7 Å². The average molecular weight is 406 g/mol. The maximum absolute atomic E-state index is 14.1. The Morgan fingerprint density at radius 3 is 2.40 bits per heavy atom. The minimum absolute atomic E-state index is 0.0286. The number of aromatic nitrogens is 2. The molecule has 1 heterocycles. The minimum atomic E-state index is -4.69. The van der Waals surface area contributed by atoms with Crippen molar-refractivity contribution in [3.8, 4) is 5.69 Å². The lowest BCUT2D eigenvalue weighted by molar-refractivity contribution is -0.105. The van der Waals surface area contributed by atoms with E-state index in [-0.39, 0.29) is 10.5 Å². The van der Waals surface area contributed by atoms with Crippen molar-refractivity contribution >= 4 is 22.6 Å². The second-order valence-corrected chi connectivity index (χ2v) is 7.33. The van der Waals surface area contributed by atoms with E-state index in [4.69, 9.17) is 0 Å². The fourth-order valence-corrected chi connectivity index (χ4v) is 3.51. The molecule has 0 bridgehead atoms. The summed E-state index contributed by atoms with van der Waals surface area (Å²) in [4.78, 5) is -0.269. The molecule has 1 aromatic heterocycles. The van der Waals surface area contributed by atoms with Gasteiger partial charge in [0.05, 0.1) is 10.8 Å². The van der Waals surface area contributed by atoms with Crippen LogP contribution in [-0.4, -0.2) is 31.4 Å². The molecule has 0 N–H and O–H groups in total. The Morgan fingerprint density at radius 1 is 1.20 bits per heavy atom. The van der Waals surface area contributed by atoms with Gasteiger partial charge in [-0.2, -0.15) is 31.4 Å². The van der Waals surface area contributed by atoms with Crippen LogP contribution in [0.1, 0.15) is 5.56 Å². The fraction of sp³-hybridized carbons (Fsp3) is 0.308. The van der Waals surface area contributed by atoms with Gasteiger partial charge in [-0.25, -0.2) is 9.07 Å². The number of benzene rings is 1. The van der Waals surface area contributed by atoms with Crippen molar-refractivity contribution in [1.82, 2.24) is 9.78 Å². The molecule has 0 aliphatic rings. The molecular weight excluding hydrogens is 397 g/mol. The molecule has 138 valence electrons. The van der Waals surface area contributed by atoms with Crippen LogP contribution in [0.25, 0.3) is 5.69 Å². The van der Waals surface area contributed by atoms with Crippen LogP contribution in [-0.2, 0) is 10.8 Å². The van der Waals surface area contributed by atoms with E-state index >= 15 is 0 Å². The summed E-state index contributed by atoms with van der Waals surface area (Å²) in [6.07, 6.45) is -3.66. The third-order valence-electron chi connectivity index (χ3n) is 2.82. The van der Waals surface area contributed by atoms with Crippen molar-refractivity contribution in [2.24, 2.45) is 0 Å². The topological polar surface area (TPSA) is 34.9 Å². The highest BCUT2D eigenvalue weighted by molar-refractivity contribution is 8.00. The van der Waals surface area contributed by atoms with Crippen LogP contribution in [0.3, 0.4) is 0 Å². The maximum atomic E-state index is 14.1. The van der Waals surface area contributed by atoms with Gasteiger partial charge < -0.3 is 0 Å². The second-order valence-electron chi connectivity index (χ2n) is 4.82. The van der Waals surface area contributed by atoms with Gasteiger partial charge in [0.25, 0.3) is 0 Å². The number of rotatable bonds is 4. The summed E-state index contributed by atoms with van der Waals surface area (Å²) in [5.41, 5.74) is -4.96. The summed E-state index contributed by atoms with van der Waals surface area (Å²) >= 11 is -0.520. The van der Waals surface area contributed by atoms with Crippen molar-refractivity contribution in [2.45, 2.75) is 28.5 Å². The van der Waals surface area contributed by atoms with E-state index in [9.17, 15) is 34.9 Å². The van der Waals surface area contributed by atoms with Gasteiger partial charge in [0, 0.05) is 22.9 Å². The molecule has 2 aromatic rings. The van der Waals surface area contributed by atoms with Crippen LogP contribution in [0.2, 0.25) is 0 Å². The quantitative estimate of drug-likeness (QED) is 0.550. The first kappa shape index (κ1) is 19.8. The summed E-state index contributed by atoms with van der Waals surface area (Å²) < 4.78 is 101. The smallest absolute Gasteiger partial charge is 0.254 e. The monoisotopic (exact) mass is 406 g/mol. The van der Waals surface area contributed by atoms with Crippen LogP contribution in [0.5, 0.6) is 0 Å². The normalized spacial score (nSPS) is 13.9. The van der Waals surface area contributed by atoms with E-state index in [1.54, 1.807) is 0 Å². The first-order valence-corrected chi connectivity index (χ1v) is 8.56. The lowest BCUT2D eigenvalue weighted by Crippen LogP contribution is -2.19. The van der Waals surface area contributed by atoms with Crippen molar-refractivity contribution in [3.05, 3.63) is 35.8 Å². The van der Waals surface area contributed by atoms with Crippen molar-refractivity contribution in [3.63, 3.8) is 0 Å². The number of nitrogens with zero attached hydrogens (tertiary/aromatic N) is 2. The van der Waals surface area contributed by atoms with Gasteiger partial charge in [0.15, 0.2) is 0 Å². The zero-order chi connectivity index (χ0) is 19.0. The average Bonchev–Trinajstić information content (AvgIpc) is 2.82. The molecule has 0 spiro atoms. The zero-order valence-electron chi connectivity index (χ0n) is 12.3. The van der Waals surface area contributed by atoms with E-state index in [1.165, 1.54) is 6.92 Å². The van der Waals surface area contributed by atoms with E-state index < -0.39 is 56.5 Å². The predicted molar refractivity (Wildman–Crippen MR) is 77.5 cm³/mol. The number of hydrogen-bond acceptors (Lipinski definition) is 3. The summed E-state index contributed by atoms with van der Waals surface area (Å²) in [6.45, 7) is 1.28. The number of hydrogen-bond donors (Lipinski definition) is 0. The van der Waals surface area contributed by atoms with Gasteiger partial charge in [0.1, 0.15) is 22.3 Å². The second kappa shape index (κ2) is 6.98. The number of alkyl halides is 6. The molecule has 12 heteroatoms. The molecule has 1 aromatic carbocycles. The molecule has 0 amide bonds. The first-order chi connectivity index (χ1) is 11.4. The molecular formula is C13H9F7N2OS2. The van der Waals surface area contributed by atoms with Crippen molar-refractivity contribution in [1.29, 1.82) is 0 Å². The summed E-state index contributed by atoms with van der Waals surface area (Å²) in [7, 11) is -2.48. The van der Waals surface area contributed by atoms with Gasteiger partial charge in [0.2, 0.25) is 0 Å². The molecule has 2 rings (SSSR count). The van der Waals surface area contributed by atoms with Crippen LogP contribution >= 0.6 is 11.8 Å². The fourth-order valence-electron chi connectivity index (χ4n) is 1.90. The largest absolute Gasteiger partial charge is 0.447 e. The van der Waals surface area contributed by atoms with Gasteiger partial charge in [-0.1, -0.05) is 0 Å². The Bertz CT molecular complexity index is 799. The van der Waals surface area contributed by atoms with Crippen molar-refractivity contribution < 1.29 is 34.9 Å². The van der Waals surface area contributed by atoms with Gasteiger partial charge in [-0.3, -0.25) is 4.21 Å². The highest BCUT2D eigenvalue weighted by atomic mass is 32.2. The van der Waals surface area contributed by atoms with E-state index in [0.29, 0.717) is 0 Å². The Morgan fingerprint density at radius 2 is 1.84 bits per heavy atom. The summed E-state index contributed by atoms with van der Waals surface area (Å²) in [5.74, 6) is -2.54. The highest BCUT2D eigenvalue weighted by Gasteiger charge is 2.32. The Hall–Kier alpha value is -1.56. The molecule has 0 saturated carbocycles. The zero-order valence-corrected chi connectivity index (χ0v) is 13.9. The first-order valence-electron chi connectivity index (χ1n) is 6.43. The van der Waals surface area contributed by atoms with Gasteiger partial charge in [-0.05, 0) is 30.7 Å². The Kier molecular flexibility index (Phi) is 5.52. The molecule has 1 unspecified atom stereocenters. The third kappa shape index (κ3) is 5.46. The third-order valence-corrected chi connectivity index (χ3v) is 4.99. The molecule has 0 fully saturated rings. The highest BCUT2D eigenvalue weighted by Crippen LogP contribution is 2.36. The van der Waals surface area contributed by atoms with Gasteiger partial charge in [-0.15, -0.1) is 0 Å². The van der Waals surface area contributed by atoms with E-state index in [1.807, 2.05) is 0 Å². The number of thioether (sulfide) groups is 1. The SMILES string of the molecule is Cc1cc(F)c(-n2ccc(SC(F)(F)F)n2)cc1S(=O)CC(F)(F)F. The molecule has 25 heavy (non-hydrogen) atoms. The summed E-state index contributed by atoms with van der Waals surface area (Å²) in [5, 5.41) is 3.06. The Labute approximate surface area is 143 Å². The maximum Gasteiger partial charge on any atom is 0.447 e. The molecule has 0 aliphatic heterocycles. The lowest BCUT2D eigenvalue weighted by atomic mass is 10.2. The minimum Gasteiger partial charge on any atom is -0.254 e. The van der Waals surface area contributed by atoms with E-state index in [0.717, 1.165) is 29.1 Å². The lowest BCUT2D eigenvalue weighted by Gasteiger charge is -2.12.